The Morgan fingerprint density at radius 2 is 1.75 bits per heavy atom. The van der Waals surface area contributed by atoms with E-state index in [1.54, 1.807) is 24.5 Å². The molecule has 0 spiro atoms. The van der Waals surface area contributed by atoms with E-state index in [1.165, 1.54) is 10.6 Å². The van der Waals surface area contributed by atoms with Crippen molar-refractivity contribution in [3.05, 3.63) is 117 Å². The van der Waals surface area contributed by atoms with Gasteiger partial charge in [0.15, 0.2) is 0 Å². The normalized spacial score (nSPS) is 10.2. The van der Waals surface area contributed by atoms with E-state index in [1.807, 2.05) is 68.4 Å². The van der Waals surface area contributed by atoms with Crippen LogP contribution in [0.25, 0.3) is 0 Å². The Balaban J connectivity index is 0.000000303. The predicted octanol–water partition coefficient (Wildman–Crippen LogP) is 6.88. The van der Waals surface area contributed by atoms with Crippen molar-refractivity contribution in [2.24, 2.45) is 0 Å². The van der Waals surface area contributed by atoms with Gasteiger partial charge in [0.05, 0.1) is 13.7 Å². The van der Waals surface area contributed by atoms with Crippen molar-refractivity contribution in [3.8, 4) is 5.75 Å². The lowest BCUT2D eigenvalue weighted by molar-refractivity contribution is 0.0953. The smallest absolute Gasteiger partial charge is 0.251 e. The van der Waals surface area contributed by atoms with E-state index >= 15 is 0 Å². The van der Waals surface area contributed by atoms with Crippen LogP contribution in [0.4, 0.5) is 0 Å². The van der Waals surface area contributed by atoms with Crippen LogP contribution in [0.3, 0.4) is 0 Å². The number of hydrogen-bond acceptors (Lipinski definition) is 7. The van der Waals surface area contributed by atoms with Gasteiger partial charge in [0.1, 0.15) is 17.0 Å². The summed E-state index contributed by atoms with van der Waals surface area (Å²) in [7, 11) is 3.76. The first-order valence-electron chi connectivity index (χ1n) is 15.1. The van der Waals surface area contributed by atoms with Crippen molar-refractivity contribution >= 4 is 23.5 Å². The second kappa shape index (κ2) is 21.0. The van der Waals surface area contributed by atoms with E-state index in [2.05, 4.69) is 58.9 Å². The van der Waals surface area contributed by atoms with Crippen LogP contribution in [0.1, 0.15) is 68.4 Å². The summed E-state index contributed by atoms with van der Waals surface area (Å²) in [6.45, 7) is 12.5. The number of thiazole rings is 1. The summed E-state index contributed by atoms with van der Waals surface area (Å²) < 4.78 is 5.20. The number of carbonyl (C=O) groups is 2. The molecule has 44 heavy (non-hydrogen) atoms. The minimum atomic E-state index is -0.142. The zero-order valence-electron chi connectivity index (χ0n) is 27.1. The number of aldehydes is 1. The van der Waals surface area contributed by atoms with E-state index in [9.17, 15) is 9.59 Å². The maximum Gasteiger partial charge on any atom is 0.251 e. The number of amides is 1. The molecule has 3 aromatic carbocycles. The van der Waals surface area contributed by atoms with E-state index in [0.29, 0.717) is 17.7 Å². The van der Waals surface area contributed by atoms with E-state index < -0.39 is 0 Å². The second-order valence-electron chi connectivity index (χ2n) is 10.4. The molecule has 7 nitrogen and oxygen atoms in total. The van der Waals surface area contributed by atoms with E-state index in [4.69, 9.17) is 4.74 Å². The highest BCUT2D eigenvalue weighted by Crippen LogP contribution is 2.13. The fourth-order valence-electron chi connectivity index (χ4n) is 4.01. The summed E-state index contributed by atoms with van der Waals surface area (Å²) in [5.41, 5.74) is 5.67. The van der Waals surface area contributed by atoms with E-state index in [0.717, 1.165) is 67.9 Å². The standard InChI is InChI=1S/C21H26N2O3.C8H14N2S.C7H8/c1-3-16-10-18(15-24)12-19(11-16)21(25)23-9-5-8-22-14-17-6-4-7-20(13-17)26-2;1-4-10(3)5-8-9-7(2)6-11-8;1-7-5-3-2-4-6-7/h4,6-7,10-13,15,22H,3,5,8-9,14H2,1-2H3,(H,23,25);6H,4-5H2,1-3H3;2-6H,1H3. The molecule has 236 valence electrons. The summed E-state index contributed by atoms with van der Waals surface area (Å²) in [5.74, 6) is 0.705. The Morgan fingerprint density at radius 3 is 2.34 bits per heavy atom. The average Bonchev–Trinajstić information content (AvgIpc) is 3.47. The molecule has 0 saturated heterocycles. The molecule has 1 aromatic heterocycles. The third-order valence-corrected chi connectivity index (χ3v) is 7.60. The highest BCUT2D eigenvalue weighted by atomic mass is 32.1. The second-order valence-corrected chi connectivity index (χ2v) is 11.4. The molecule has 1 amide bonds. The van der Waals surface area contributed by atoms with Crippen molar-refractivity contribution < 1.29 is 14.3 Å². The average molecular weight is 617 g/mol. The van der Waals surface area contributed by atoms with Gasteiger partial charge in [-0.1, -0.05) is 61.9 Å². The third-order valence-electron chi connectivity index (χ3n) is 6.65. The quantitative estimate of drug-likeness (QED) is 0.126. The van der Waals surface area contributed by atoms with Gasteiger partial charge in [-0.15, -0.1) is 11.3 Å². The highest BCUT2D eigenvalue weighted by Gasteiger charge is 2.08. The first kappa shape index (κ1) is 36.3. The maximum absolute atomic E-state index is 12.2. The van der Waals surface area contributed by atoms with Crippen LogP contribution < -0.4 is 15.4 Å². The molecule has 2 N–H and O–H groups in total. The van der Waals surface area contributed by atoms with Gasteiger partial charge in [-0.05, 0) is 88.3 Å². The Morgan fingerprint density at radius 1 is 0.977 bits per heavy atom. The van der Waals surface area contributed by atoms with E-state index in [-0.39, 0.29) is 5.91 Å². The van der Waals surface area contributed by atoms with Crippen LogP contribution in [0.5, 0.6) is 5.75 Å². The molecular weight excluding hydrogens is 568 g/mol. The summed E-state index contributed by atoms with van der Waals surface area (Å²) in [5, 5.41) is 9.56. The Hall–Kier alpha value is -3.85. The highest BCUT2D eigenvalue weighted by molar-refractivity contribution is 7.09. The number of aryl methyl sites for hydroxylation is 3. The summed E-state index contributed by atoms with van der Waals surface area (Å²) >= 11 is 1.74. The lowest BCUT2D eigenvalue weighted by atomic mass is 10.0. The first-order chi connectivity index (χ1) is 21.3. The molecule has 0 aliphatic carbocycles. The number of carbonyl (C=O) groups excluding carboxylic acids is 2. The third kappa shape index (κ3) is 14.6. The topological polar surface area (TPSA) is 83.6 Å². The van der Waals surface area contributed by atoms with Crippen LogP contribution >= 0.6 is 11.3 Å². The molecular formula is C36H48N4O3S. The van der Waals surface area contributed by atoms with Gasteiger partial charge in [-0.2, -0.15) is 0 Å². The van der Waals surface area contributed by atoms with Gasteiger partial charge < -0.3 is 15.4 Å². The summed E-state index contributed by atoms with van der Waals surface area (Å²) in [6.07, 6.45) is 2.39. The van der Waals surface area contributed by atoms with Gasteiger partial charge in [-0.3, -0.25) is 14.5 Å². The number of methoxy groups -OCH3 is 1. The number of aromatic nitrogens is 1. The van der Waals surface area contributed by atoms with Gasteiger partial charge in [0.25, 0.3) is 5.91 Å². The van der Waals surface area contributed by atoms with Crippen molar-refractivity contribution in [2.75, 3.05) is 33.8 Å². The van der Waals surface area contributed by atoms with Crippen molar-refractivity contribution in [2.45, 2.75) is 53.6 Å². The molecule has 0 radical (unpaired) electrons. The predicted molar refractivity (Wildman–Crippen MR) is 183 cm³/mol. The number of hydrogen-bond donors (Lipinski definition) is 2. The lowest BCUT2D eigenvalue weighted by Gasteiger charge is -2.10. The Labute approximate surface area is 267 Å². The lowest BCUT2D eigenvalue weighted by Crippen LogP contribution is -2.27. The van der Waals surface area contributed by atoms with Gasteiger partial charge in [0, 0.05) is 35.3 Å². The first-order valence-corrected chi connectivity index (χ1v) is 16.0. The van der Waals surface area contributed by atoms with Crippen LogP contribution in [0, 0.1) is 13.8 Å². The monoisotopic (exact) mass is 616 g/mol. The van der Waals surface area contributed by atoms with Crippen LogP contribution in [0.2, 0.25) is 0 Å². The maximum atomic E-state index is 12.2. The Bertz CT molecular complexity index is 1390. The van der Waals surface area contributed by atoms with Crippen LogP contribution in [-0.4, -0.2) is 55.9 Å². The van der Waals surface area contributed by atoms with Crippen molar-refractivity contribution in [1.29, 1.82) is 0 Å². The Kier molecular flexibility index (Phi) is 17.3. The molecule has 0 fully saturated rings. The molecule has 0 aliphatic rings. The minimum absolute atomic E-state index is 0.142. The summed E-state index contributed by atoms with van der Waals surface area (Å²) in [4.78, 5) is 29.9. The van der Waals surface area contributed by atoms with Gasteiger partial charge in [0.2, 0.25) is 0 Å². The molecule has 0 unspecified atom stereocenters. The molecule has 0 atom stereocenters. The number of benzene rings is 3. The number of nitrogens with one attached hydrogen (secondary N) is 2. The zero-order chi connectivity index (χ0) is 32.2. The molecule has 1 heterocycles. The minimum Gasteiger partial charge on any atom is -0.497 e. The van der Waals surface area contributed by atoms with Crippen LogP contribution in [-0.2, 0) is 19.5 Å². The number of nitrogens with zero attached hydrogens (tertiary/aromatic N) is 2. The molecule has 0 bridgehead atoms. The molecule has 0 saturated carbocycles. The van der Waals surface area contributed by atoms with Gasteiger partial charge >= 0.3 is 0 Å². The molecule has 0 aliphatic heterocycles. The molecule has 4 aromatic rings. The largest absolute Gasteiger partial charge is 0.497 e. The fraction of sp³-hybridized carbons (Fsp3) is 0.361. The van der Waals surface area contributed by atoms with Crippen molar-refractivity contribution in [3.63, 3.8) is 0 Å². The van der Waals surface area contributed by atoms with Crippen molar-refractivity contribution in [1.82, 2.24) is 20.5 Å². The SMILES string of the molecule is CCN(C)Cc1nc(C)cs1.CCc1cc(C=O)cc(C(=O)NCCCNCc2cccc(OC)c2)c1.Cc1ccccc1. The van der Waals surface area contributed by atoms with Crippen LogP contribution in [0.15, 0.2) is 78.2 Å². The molecule has 8 heteroatoms. The molecule has 4 rings (SSSR count). The summed E-state index contributed by atoms with van der Waals surface area (Å²) in [6, 6.07) is 23.5. The van der Waals surface area contributed by atoms with Gasteiger partial charge in [-0.25, -0.2) is 4.98 Å². The fourth-order valence-corrected chi connectivity index (χ4v) is 4.86. The number of ether oxygens (including phenoxy) is 1. The zero-order valence-corrected chi connectivity index (χ0v) is 27.9. The number of rotatable bonds is 13.